The molecule has 0 bridgehead atoms. The van der Waals surface area contributed by atoms with E-state index >= 15 is 0 Å². The summed E-state index contributed by atoms with van der Waals surface area (Å²) in [6, 6.07) is 5.75. The lowest BCUT2D eigenvalue weighted by molar-refractivity contribution is -0.143. The summed E-state index contributed by atoms with van der Waals surface area (Å²) < 4.78 is 31.3. The van der Waals surface area contributed by atoms with Crippen LogP contribution < -0.4 is 0 Å². The summed E-state index contributed by atoms with van der Waals surface area (Å²) in [5, 5.41) is 0. The quantitative estimate of drug-likeness (QED) is 0.762. The molecule has 1 aromatic carbocycles. The number of aryl methyl sites for hydroxylation is 1. The molecule has 0 saturated carbocycles. The van der Waals surface area contributed by atoms with E-state index in [1.54, 1.807) is 19.1 Å². The van der Waals surface area contributed by atoms with Gasteiger partial charge >= 0.3 is 5.97 Å². The number of rotatable bonds is 5. The molecule has 22 heavy (non-hydrogen) atoms. The number of carbonyl (C=O) groups is 2. The molecule has 0 aromatic heterocycles. The van der Waals surface area contributed by atoms with Crippen molar-refractivity contribution < 1.29 is 22.7 Å². The third-order valence-corrected chi connectivity index (χ3v) is 5.45. The number of esters is 1. The van der Waals surface area contributed by atoms with E-state index < -0.39 is 22.0 Å². The maximum atomic E-state index is 12.7. The molecule has 1 saturated heterocycles. The van der Waals surface area contributed by atoms with Gasteiger partial charge in [0.15, 0.2) is 0 Å². The summed E-state index contributed by atoms with van der Waals surface area (Å²) in [6.45, 7) is 3.57. The Balaban J connectivity index is 2.25. The molecular formula is C15H19NO5S. The van der Waals surface area contributed by atoms with Crippen molar-refractivity contribution in [3.8, 4) is 0 Å². The zero-order valence-corrected chi connectivity index (χ0v) is 13.4. The second kappa shape index (κ2) is 6.58. The molecule has 1 aliphatic rings. The fourth-order valence-corrected chi connectivity index (χ4v) is 4.05. The summed E-state index contributed by atoms with van der Waals surface area (Å²) >= 11 is 0. The molecule has 1 aromatic rings. The molecule has 1 aliphatic heterocycles. The van der Waals surface area contributed by atoms with Gasteiger partial charge in [-0.2, -0.15) is 4.31 Å². The van der Waals surface area contributed by atoms with E-state index in [-0.39, 0.29) is 36.7 Å². The average molecular weight is 325 g/mol. The van der Waals surface area contributed by atoms with Gasteiger partial charge in [-0.3, -0.25) is 9.59 Å². The van der Waals surface area contributed by atoms with Gasteiger partial charge in [-0.25, -0.2) is 8.42 Å². The largest absolute Gasteiger partial charge is 0.466 e. The SMILES string of the molecule is CCOC(=O)C[C@@H]1CC(=O)CN1S(=O)(=O)c1ccc(C)cc1. The maximum absolute atomic E-state index is 12.7. The van der Waals surface area contributed by atoms with Crippen molar-refractivity contribution >= 4 is 21.8 Å². The molecule has 7 heteroatoms. The van der Waals surface area contributed by atoms with Gasteiger partial charge in [0, 0.05) is 12.5 Å². The molecule has 0 radical (unpaired) electrons. The molecule has 120 valence electrons. The summed E-state index contributed by atoms with van der Waals surface area (Å²) in [6.07, 6.45) is -0.0609. The van der Waals surface area contributed by atoms with E-state index in [0.29, 0.717) is 0 Å². The molecule has 0 unspecified atom stereocenters. The lowest BCUT2D eigenvalue weighted by Gasteiger charge is -2.22. The fourth-order valence-electron chi connectivity index (χ4n) is 2.45. The lowest BCUT2D eigenvalue weighted by atomic mass is 10.1. The van der Waals surface area contributed by atoms with Gasteiger partial charge in [0.2, 0.25) is 10.0 Å². The number of hydrogen-bond donors (Lipinski definition) is 0. The first-order chi connectivity index (χ1) is 10.3. The Morgan fingerprint density at radius 1 is 1.32 bits per heavy atom. The first-order valence-electron chi connectivity index (χ1n) is 7.10. The topological polar surface area (TPSA) is 80.8 Å². The second-order valence-corrected chi connectivity index (χ2v) is 7.16. The number of carbonyl (C=O) groups excluding carboxylic acids is 2. The highest BCUT2D eigenvalue weighted by molar-refractivity contribution is 7.89. The van der Waals surface area contributed by atoms with Gasteiger partial charge in [-0.1, -0.05) is 17.7 Å². The van der Waals surface area contributed by atoms with Gasteiger partial charge in [-0.15, -0.1) is 0 Å². The number of benzene rings is 1. The van der Waals surface area contributed by atoms with Gasteiger partial charge in [-0.05, 0) is 26.0 Å². The summed E-state index contributed by atoms with van der Waals surface area (Å²) in [4.78, 5) is 23.4. The van der Waals surface area contributed by atoms with Crippen molar-refractivity contribution in [1.82, 2.24) is 4.31 Å². The standard InChI is InChI=1S/C15H19NO5S/c1-3-21-15(18)9-12-8-13(17)10-16(12)22(19,20)14-6-4-11(2)5-7-14/h4-7,12H,3,8-10H2,1-2H3/t12-/m0/s1. The van der Waals surface area contributed by atoms with Crippen LogP contribution in [-0.2, 0) is 24.3 Å². The van der Waals surface area contributed by atoms with Crippen molar-refractivity contribution in [2.45, 2.75) is 37.6 Å². The van der Waals surface area contributed by atoms with E-state index in [1.807, 2.05) is 6.92 Å². The van der Waals surface area contributed by atoms with E-state index in [2.05, 4.69) is 0 Å². The average Bonchev–Trinajstić information content (AvgIpc) is 2.81. The summed E-state index contributed by atoms with van der Waals surface area (Å²) in [7, 11) is -3.79. The molecule has 0 aliphatic carbocycles. The molecule has 2 rings (SSSR count). The van der Waals surface area contributed by atoms with E-state index in [9.17, 15) is 18.0 Å². The highest BCUT2D eigenvalue weighted by Gasteiger charge is 2.40. The summed E-state index contributed by atoms with van der Waals surface area (Å²) in [5.41, 5.74) is 0.944. The van der Waals surface area contributed by atoms with Gasteiger partial charge in [0.25, 0.3) is 0 Å². The molecule has 6 nitrogen and oxygen atoms in total. The Kier molecular flexibility index (Phi) is 4.97. The number of sulfonamides is 1. The van der Waals surface area contributed by atoms with Gasteiger partial charge < -0.3 is 4.74 Å². The highest BCUT2D eigenvalue weighted by atomic mass is 32.2. The normalized spacial score (nSPS) is 19.4. The Bertz CT molecular complexity index is 666. The predicted molar refractivity (Wildman–Crippen MR) is 79.7 cm³/mol. The predicted octanol–water partition coefficient (Wildman–Crippen LogP) is 1.28. The maximum Gasteiger partial charge on any atom is 0.307 e. The first-order valence-corrected chi connectivity index (χ1v) is 8.54. The Morgan fingerprint density at radius 3 is 2.55 bits per heavy atom. The minimum absolute atomic E-state index is 0.0455. The van der Waals surface area contributed by atoms with Crippen LogP contribution in [0.25, 0.3) is 0 Å². The van der Waals surface area contributed by atoms with Gasteiger partial charge in [0.05, 0.1) is 24.5 Å². The lowest BCUT2D eigenvalue weighted by Crippen LogP contribution is -2.37. The molecule has 1 heterocycles. The van der Waals surface area contributed by atoms with Crippen LogP contribution >= 0.6 is 0 Å². The van der Waals surface area contributed by atoms with Crippen LogP contribution in [0.5, 0.6) is 0 Å². The smallest absolute Gasteiger partial charge is 0.307 e. The third-order valence-electron chi connectivity index (χ3n) is 3.54. The molecule has 0 spiro atoms. The molecule has 0 N–H and O–H groups in total. The first kappa shape index (κ1) is 16.6. The van der Waals surface area contributed by atoms with Crippen LogP contribution in [0, 0.1) is 6.92 Å². The number of nitrogens with zero attached hydrogens (tertiary/aromatic N) is 1. The van der Waals surface area contributed by atoms with E-state index in [0.717, 1.165) is 9.87 Å². The minimum atomic E-state index is -3.79. The van der Waals surface area contributed by atoms with Gasteiger partial charge in [0.1, 0.15) is 5.78 Å². The molecular weight excluding hydrogens is 306 g/mol. The zero-order valence-electron chi connectivity index (χ0n) is 12.6. The number of Topliss-reactive ketones (excluding diaryl/α,β-unsaturated/α-hetero) is 1. The van der Waals surface area contributed by atoms with E-state index in [4.69, 9.17) is 4.74 Å². The highest BCUT2D eigenvalue weighted by Crippen LogP contribution is 2.26. The number of ether oxygens (including phenoxy) is 1. The van der Waals surface area contributed by atoms with Crippen molar-refractivity contribution in [1.29, 1.82) is 0 Å². The Labute approximate surface area is 130 Å². The second-order valence-electron chi connectivity index (χ2n) is 5.27. The van der Waals surface area contributed by atoms with Crippen LogP contribution in [0.4, 0.5) is 0 Å². The molecule has 1 atom stereocenters. The monoisotopic (exact) mass is 325 g/mol. The minimum Gasteiger partial charge on any atom is -0.466 e. The van der Waals surface area contributed by atoms with Crippen LogP contribution in [0.3, 0.4) is 0 Å². The van der Waals surface area contributed by atoms with Crippen LogP contribution in [0.2, 0.25) is 0 Å². The van der Waals surface area contributed by atoms with Crippen LogP contribution in [0.15, 0.2) is 29.2 Å². The Morgan fingerprint density at radius 2 is 1.95 bits per heavy atom. The van der Waals surface area contributed by atoms with E-state index in [1.165, 1.54) is 12.1 Å². The third kappa shape index (κ3) is 3.53. The zero-order chi connectivity index (χ0) is 16.3. The Hall–Kier alpha value is -1.73. The van der Waals surface area contributed by atoms with Crippen molar-refractivity contribution in [3.05, 3.63) is 29.8 Å². The number of ketones is 1. The van der Waals surface area contributed by atoms with Crippen molar-refractivity contribution in [3.63, 3.8) is 0 Å². The van der Waals surface area contributed by atoms with Crippen molar-refractivity contribution in [2.75, 3.05) is 13.2 Å². The molecule has 1 fully saturated rings. The van der Waals surface area contributed by atoms with Crippen LogP contribution in [0.1, 0.15) is 25.3 Å². The summed E-state index contributed by atoms with van der Waals surface area (Å²) in [5.74, 6) is -0.684. The van der Waals surface area contributed by atoms with Crippen molar-refractivity contribution in [2.24, 2.45) is 0 Å². The fraction of sp³-hybridized carbons (Fsp3) is 0.467. The molecule has 0 amide bonds. The van der Waals surface area contributed by atoms with Crippen LogP contribution in [-0.4, -0.2) is 43.7 Å². The number of hydrogen-bond acceptors (Lipinski definition) is 5.